The van der Waals surface area contributed by atoms with E-state index in [0.29, 0.717) is 10.6 Å². The highest BCUT2D eigenvalue weighted by Crippen LogP contribution is 2.27. The Morgan fingerprint density at radius 2 is 2.00 bits per heavy atom. The van der Waals surface area contributed by atoms with Crippen molar-refractivity contribution < 1.29 is 4.79 Å². The third-order valence-corrected chi connectivity index (χ3v) is 4.26. The van der Waals surface area contributed by atoms with Gasteiger partial charge in [0, 0.05) is 34.5 Å². The molecule has 0 saturated carbocycles. The molecule has 1 N–H and O–H groups in total. The molecule has 0 atom stereocenters. The zero-order chi connectivity index (χ0) is 18.6. The topological polar surface area (TPSA) is 36.1 Å². The number of rotatable bonds is 5. The number of allylic oxidation sites excluding steroid dienone is 6. The maximum Gasteiger partial charge on any atom is 0.256 e. The van der Waals surface area contributed by atoms with E-state index in [1.807, 2.05) is 49.4 Å². The van der Waals surface area contributed by atoms with Gasteiger partial charge >= 0.3 is 0 Å². The van der Waals surface area contributed by atoms with E-state index in [9.17, 15) is 4.79 Å². The lowest BCUT2D eigenvalue weighted by atomic mass is 10.1. The van der Waals surface area contributed by atoms with Crippen molar-refractivity contribution in [3.05, 3.63) is 75.4 Å². The molecule has 0 fully saturated rings. The number of aromatic nitrogens is 1. The lowest BCUT2D eigenvalue weighted by molar-refractivity contribution is 0.0829. The molecular weight excluding hydrogens is 400 g/mol. The molecule has 25 heavy (non-hydrogen) atoms. The Hall–Kier alpha value is -2.04. The highest BCUT2D eigenvalue weighted by Gasteiger charge is 2.18. The molecule has 0 spiro atoms. The van der Waals surface area contributed by atoms with E-state index in [2.05, 4.69) is 27.5 Å². The van der Waals surface area contributed by atoms with Gasteiger partial charge in [0.05, 0.1) is 11.3 Å². The number of benzene rings is 1. The number of nitrogens with zero attached hydrogens (tertiary/aromatic N) is 1. The molecule has 130 valence electrons. The fourth-order valence-corrected chi connectivity index (χ4v) is 2.81. The standard InChI is InChI=1S/C20H20BrClN2O/c1-5-14(7-6-13(2)22)8-11-17-19(20(25)24(3)4)16-10-9-15(21)12-18(16)23-17/h5-12,23H,2H2,1,3-4H3/b7-6-,11-8+,14-5+. The normalized spacial score (nSPS) is 12.4. The smallest absolute Gasteiger partial charge is 0.256 e. The van der Waals surface area contributed by atoms with Crippen LogP contribution in [-0.4, -0.2) is 29.9 Å². The maximum atomic E-state index is 12.7. The van der Waals surface area contributed by atoms with Crippen LogP contribution < -0.4 is 0 Å². The van der Waals surface area contributed by atoms with Crippen LogP contribution in [0.3, 0.4) is 0 Å². The Balaban J connectivity index is 2.53. The third-order valence-electron chi connectivity index (χ3n) is 3.64. The van der Waals surface area contributed by atoms with Crippen molar-refractivity contribution >= 4 is 50.4 Å². The van der Waals surface area contributed by atoms with Crippen LogP contribution in [0.2, 0.25) is 0 Å². The molecule has 0 aliphatic heterocycles. The number of amides is 1. The van der Waals surface area contributed by atoms with Crippen LogP contribution in [0.25, 0.3) is 17.0 Å². The second-order valence-corrected chi connectivity index (χ2v) is 7.11. The van der Waals surface area contributed by atoms with Gasteiger partial charge in [0.2, 0.25) is 0 Å². The zero-order valence-corrected chi connectivity index (χ0v) is 16.8. The number of carbonyl (C=O) groups excluding carboxylic acids is 1. The molecule has 2 aromatic rings. The molecule has 3 nitrogen and oxygen atoms in total. The third kappa shape index (κ3) is 4.74. The van der Waals surface area contributed by atoms with Gasteiger partial charge in [-0.1, -0.05) is 58.4 Å². The van der Waals surface area contributed by atoms with Gasteiger partial charge in [-0.15, -0.1) is 0 Å². The summed E-state index contributed by atoms with van der Waals surface area (Å²) >= 11 is 9.24. The lowest BCUT2D eigenvalue weighted by Crippen LogP contribution is -2.22. The Kier molecular flexibility index (Phi) is 6.45. The SMILES string of the molecule is C=C(Cl)\C=C/C(=C\C)/C=C/c1[nH]c2cc(Br)ccc2c1C(=O)N(C)C. The largest absolute Gasteiger partial charge is 0.354 e. The summed E-state index contributed by atoms with van der Waals surface area (Å²) < 4.78 is 0.957. The Bertz CT molecular complexity index is 904. The van der Waals surface area contributed by atoms with E-state index in [1.54, 1.807) is 25.1 Å². The van der Waals surface area contributed by atoms with Crippen LogP contribution in [0, 0.1) is 0 Å². The van der Waals surface area contributed by atoms with Crippen LogP contribution in [0.4, 0.5) is 0 Å². The van der Waals surface area contributed by atoms with E-state index >= 15 is 0 Å². The summed E-state index contributed by atoms with van der Waals surface area (Å²) in [6.45, 7) is 5.58. The number of halogens is 2. The van der Waals surface area contributed by atoms with Crippen LogP contribution in [-0.2, 0) is 0 Å². The van der Waals surface area contributed by atoms with Gasteiger partial charge in [0.1, 0.15) is 0 Å². The summed E-state index contributed by atoms with van der Waals surface area (Å²) in [5, 5.41) is 1.36. The fourth-order valence-electron chi connectivity index (χ4n) is 2.38. The van der Waals surface area contributed by atoms with E-state index in [1.165, 1.54) is 0 Å². The van der Waals surface area contributed by atoms with Gasteiger partial charge in [-0.3, -0.25) is 4.79 Å². The van der Waals surface area contributed by atoms with E-state index in [0.717, 1.165) is 26.6 Å². The molecule has 1 aromatic heterocycles. The lowest BCUT2D eigenvalue weighted by Gasteiger charge is -2.10. The van der Waals surface area contributed by atoms with Gasteiger partial charge in [0.15, 0.2) is 0 Å². The first-order chi connectivity index (χ1) is 11.8. The molecule has 0 aliphatic rings. The van der Waals surface area contributed by atoms with E-state index < -0.39 is 0 Å². The van der Waals surface area contributed by atoms with Crippen LogP contribution >= 0.6 is 27.5 Å². The zero-order valence-electron chi connectivity index (χ0n) is 14.4. The quantitative estimate of drug-likeness (QED) is 0.602. The summed E-state index contributed by atoms with van der Waals surface area (Å²) in [5.74, 6) is -0.0417. The first kappa shape index (κ1) is 19.3. The molecule has 0 aliphatic carbocycles. The number of aromatic amines is 1. The average molecular weight is 420 g/mol. The molecule has 1 aromatic carbocycles. The number of hydrogen-bond acceptors (Lipinski definition) is 1. The molecule has 0 unspecified atom stereocenters. The summed E-state index contributed by atoms with van der Waals surface area (Å²) in [4.78, 5) is 17.6. The second-order valence-electron chi connectivity index (χ2n) is 5.71. The summed E-state index contributed by atoms with van der Waals surface area (Å²) in [6.07, 6.45) is 9.40. The van der Waals surface area contributed by atoms with Gasteiger partial charge in [-0.2, -0.15) is 0 Å². The summed E-state index contributed by atoms with van der Waals surface area (Å²) in [6, 6.07) is 5.84. The van der Waals surface area contributed by atoms with Crippen molar-refractivity contribution in [2.24, 2.45) is 0 Å². The van der Waals surface area contributed by atoms with E-state index in [4.69, 9.17) is 11.6 Å². The number of carbonyl (C=O) groups is 1. The van der Waals surface area contributed by atoms with Crippen molar-refractivity contribution in [1.82, 2.24) is 9.88 Å². The molecule has 0 bridgehead atoms. The highest BCUT2D eigenvalue weighted by atomic mass is 79.9. The monoisotopic (exact) mass is 418 g/mol. The van der Waals surface area contributed by atoms with Gasteiger partial charge in [0.25, 0.3) is 5.91 Å². The molecule has 0 radical (unpaired) electrons. The van der Waals surface area contributed by atoms with Gasteiger partial charge in [-0.05, 0) is 36.8 Å². The van der Waals surface area contributed by atoms with E-state index in [-0.39, 0.29) is 5.91 Å². The molecule has 0 saturated heterocycles. The average Bonchev–Trinajstić information content (AvgIpc) is 2.91. The summed E-state index contributed by atoms with van der Waals surface area (Å²) in [5.41, 5.74) is 3.30. The van der Waals surface area contributed by atoms with Gasteiger partial charge < -0.3 is 9.88 Å². The molecule has 5 heteroatoms. The van der Waals surface area contributed by atoms with Crippen molar-refractivity contribution in [2.45, 2.75) is 6.92 Å². The predicted octanol–water partition coefficient (Wildman–Crippen LogP) is 5.90. The number of hydrogen-bond donors (Lipinski definition) is 1. The molecule has 1 amide bonds. The van der Waals surface area contributed by atoms with Crippen LogP contribution in [0.1, 0.15) is 23.0 Å². The number of fused-ring (bicyclic) bond motifs is 1. The fraction of sp³-hybridized carbons (Fsp3) is 0.150. The minimum atomic E-state index is -0.0417. The van der Waals surface area contributed by atoms with Gasteiger partial charge in [-0.25, -0.2) is 0 Å². The Labute approximate surface area is 161 Å². The maximum absolute atomic E-state index is 12.7. The Morgan fingerprint density at radius 1 is 1.28 bits per heavy atom. The number of nitrogens with one attached hydrogen (secondary N) is 1. The van der Waals surface area contributed by atoms with Crippen molar-refractivity contribution in [2.75, 3.05) is 14.1 Å². The first-order valence-electron chi connectivity index (χ1n) is 7.73. The van der Waals surface area contributed by atoms with Crippen molar-refractivity contribution in [3.63, 3.8) is 0 Å². The molecule has 2 rings (SSSR count). The number of H-pyrrole nitrogens is 1. The molecule has 1 heterocycles. The minimum absolute atomic E-state index is 0.0417. The minimum Gasteiger partial charge on any atom is -0.354 e. The van der Waals surface area contributed by atoms with Crippen LogP contribution in [0.5, 0.6) is 0 Å². The van der Waals surface area contributed by atoms with Crippen LogP contribution in [0.15, 0.2) is 64.2 Å². The second kappa shape index (κ2) is 8.37. The Morgan fingerprint density at radius 3 is 2.60 bits per heavy atom. The summed E-state index contributed by atoms with van der Waals surface area (Å²) in [7, 11) is 3.50. The van der Waals surface area contributed by atoms with Crippen molar-refractivity contribution in [1.29, 1.82) is 0 Å². The highest BCUT2D eigenvalue weighted by molar-refractivity contribution is 9.10. The molecular formula is C20H20BrClN2O. The first-order valence-corrected chi connectivity index (χ1v) is 8.90. The predicted molar refractivity (Wildman–Crippen MR) is 111 cm³/mol. The van der Waals surface area contributed by atoms with Crippen molar-refractivity contribution in [3.8, 4) is 0 Å².